The summed E-state index contributed by atoms with van der Waals surface area (Å²) >= 11 is 5.91. The zero-order valence-corrected chi connectivity index (χ0v) is 14.9. The summed E-state index contributed by atoms with van der Waals surface area (Å²) in [7, 11) is 0. The normalized spacial score (nSPS) is 22.5. The highest BCUT2D eigenvalue weighted by Gasteiger charge is 2.69. The second-order valence-electron chi connectivity index (χ2n) is 6.41. The number of carbonyl (C=O) groups excluding carboxylic acids is 1. The van der Waals surface area contributed by atoms with E-state index < -0.39 is 17.2 Å². The first-order chi connectivity index (χ1) is 12.8. The van der Waals surface area contributed by atoms with E-state index in [1.807, 2.05) is 0 Å². The molecule has 1 aliphatic heterocycles. The van der Waals surface area contributed by atoms with Gasteiger partial charge in [-0.05, 0) is 31.2 Å². The summed E-state index contributed by atoms with van der Waals surface area (Å²) in [6.07, 6.45) is -4.16. The van der Waals surface area contributed by atoms with Crippen LogP contribution in [-0.4, -0.2) is 18.7 Å². The van der Waals surface area contributed by atoms with Crippen LogP contribution < -0.4 is 9.47 Å². The molecule has 8 heteroatoms. The highest BCUT2D eigenvalue weighted by Crippen LogP contribution is 2.60. The molecule has 2 aromatic rings. The Morgan fingerprint density at radius 2 is 2.07 bits per heavy atom. The molecule has 0 aromatic heterocycles. The van der Waals surface area contributed by atoms with Gasteiger partial charge >= 0.3 is 12.1 Å². The van der Waals surface area contributed by atoms with Crippen LogP contribution >= 0.6 is 11.6 Å². The first-order valence-electron chi connectivity index (χ1n) is 8.28. The number of alkyl halides is 3. The predicted octanol–water partition coefficient (Wildman–Crippen LogP) is 5.12. The standard InChI is InChI=1S/C19H14ClF3O4/c1-2-25-17(24)18-9-16(18)27-15-8-11(4-5-12(15)18)26-14-6-3-10(7-13(14)20)19(21,22)23/h3-8,16H,2,9H2,1H3. The van der Waals surface area contributed by atoms with Gasteiger partial charge in [-0.3, -0.25) is 4.79 Å². The molecule has 1 heterocycles. The Morgan fingerprint density at radius 3 is 2.74 bits per heavy atom. The van der Waals surface area contributed by atoms with Crippen molar-refractivity contribution in [2.75, 3.05) is 6.61 Å². The lowest BCUT2D eigenvalue weighted by molar-refractivity contribution is -0.146. The Hall–Kier alpha value is -2.41. The van der Waals surface area contributed by atoms with Crippen LogP contribution in [0.15, 0.2) is 36.4 Å². The van der Waals surface area contributed by atoms with Crippen molar-refractivity contribution >= 4 is 17.6 Å². The highest BCUT2D eigenvalue weighted by molar-refractivity contribution is 6.32. The van der Waals surface area contributed by atoms with Gasteiger partial charge in [0.25, 0.3) is 0 Å². The molecule has 0 spiro atoms. The molecule has 2 aromatic carbocycles. The third kappa shape index (κ3) is 2.90. The predicted molar refractivity (Wildman–Crippen MR) is 90.3 cm³/mol. The van der Waals surface area contributed by atoms with E-state index in [1.54, 1.807) is 25.1 Å². The number of hydrogen-bond donors (Lipinski definition) is 0. The largest absolute Gasteiger partial charge is 0.488 e. The Bertz CT molecular complexity index is 928. The van der Waals surface area contributed by atoms with Gasteiger partial charge in [0.1, 0.15) is 28.8 Å². The van der Waals surface area contributed by atoms with Gasteiger partial charge < -0.3 is 14.2 Å². The van der Waals surface area contributed by atoms with Crippen molar-refractivity contribution in [3.8, 4) is 17.2 Å². The Labute approximate surface area is 157 Å². The summed E-state index contributed by atoms with van der Waals surface area (Å²) < 4.78 is 54.7. The van der Waals surface area contributed by atoms with Gasteiger partial charge in [0, 0.05) is 18.1 Å². The fourth-order valence-corrected chi connectivity index (χ4v) is 3.54. The molecule has 1 aliphatic carbocycles. The molecule has 0 N–H and O–H groups in total. The average molecular weight is 399 g/mol. The lowest BCUT2D eigenvalue weighted by Crippen LogP contribution is -2.24. The van der Waals surface area contributed by atoms with Crippen LogP contribution in [0, 0.1) is 0 Å². The molecule has 1 fully saturated rings. The van der Waals surface area contributed by atoms with Crippen LogP contribution in [0.2, 0.25) is 5.02 Å². The molecule has 2 unspecified atom stereocenters. The van der Waals surface area contributed by atoms with Crippen LogP contribution in [0.3, 0.4) is 0 Å². The number of fused-ring (bicyclic) bond motifs is 3. The fourth-order valence-electron chi connectivity index (χ4n) is 3.32. The first kappa shape index (κ1) is 18.0. The van der Waals surface area contributed by atoms with Crippen LogP contribution in [0.25, 0.3) is 0 Å². The number of esters is 1. The van der Waals surface area contributed by atoms with Gasteiger partial charge in [-0.1, -0.05) is 17.7 Å². The van der Waals surface area contributed by atoms with Crippen LogP contribution in [0.5, 0.6) is 17.2 Å². The van der Waals surface area contributed by atoms with Crippen molar-refractivity contribution in [3.63, 3.8) is 0 Å². The van der Waals surface area contributed by atoms with E-state index in [1.165, 1.54) is 0 Å². The van der Waals surface area contributed by atoms with Crippen LogP contribution in [0.4, 0.5) is 13.2 Å². The molecular formula is C19H14ClF3O4. The molecule has 0 bridgehead atoms. The summed E-state index contributed by atoms with van der Waals surface area (Å²) in [6, 6.07) is 7.80. The molecule has 0 saturated heterocycles. The summed E-state index contributed by atoms with van der Waals surface area (Å²) in [5, 5.41) is -0.155. The smallest absolute Gasteiger partial charge is 0.416 e. The number of benzene rings is 2. The first-order valence-corrected chi connectivity index (χ1v) is 8.66. The van der Waals surface area contributed by atoms with E-state index in [0.29, 0.717) is 17.9 Å². The summed E-state index contributed by atoms with van der Waals surface area (Å²) in [6.45, 7) is 2.03. The van der Waals surface area contributed by atoms with Crippen LogP contribution in [-0.2, 0) is 21.1 Å². The number of ether oxygens (including phenoxy) is 3. The minimum atomic E-state index is -4.48. The van der Waals surface area contributed by atoms with Gasteiger partial charge in [-0.2, -0.15) is 13.2 Å². The lowest BCUT2D eigenvalue weighted by Gasteiger charge is -2.14. The van der Waals surface area contributed by atoms with Crippen molar-refractivity contribution in [2.24, 2.45) is 0 Å². The molecule has 0 radical (unpaired) electrons. The van der Waals surface area contributed by atoms with Gasteiger partial charge in [-0.25, -0.2) is 0 Å². The second kappa shape index (κ2) is 6.05. The number of halogens is 4. The van der Waals surface area contributed by atoms with Gasteiger partial charge in [0.2, 0.25) is 0 Å². The lowest BCUT2D eigenvalue weighted by atomic mass is 9.96. The second-order valence-corrected chi connectivity index (χ2v) is 6.81. The fraction of sp³-hybridized carbons (Fsp3) is 0.316. The van der Waals surface area contributed by atoms with E-state index in [4.69, 9.17) is 25.8 Å². The molecule has 142 valence electrons. The number of carbonyl (C=O) groups is 1. The Balaban J connectivity index is 1.57. The minimum absolute atomic E-state index is 0.0906. The third-order valence-corrected chi connectivity index (χ3v) is 5.02. The third-order valence-electron chi connectivity index (χ3n) is 4.73. The molecule has 4 nitrogen and oxygen atoms in total. The van der Waals surface area contributed by atoms with E-state index in [9.17, 15) is 18.0 Å². The molecule has 1 saturated carbocycles. The number of rotatable bonds is 4. The summed E-state index contributed by atoms with van der Waals surface area (Å²) in [5.74, 6) is 0.622. The van der Waals surface area contributed by atoms with E-state index in [2.05, 4.69) is 0 Å². The van der Waals surface area contributed by atoms with Crippen molar-refractivity contribution in [1.82, 2.24) is 0 Å². The van der Waals surface area contributed by atoms with Crippen LogP contribution in [0.1, 0.15) is 24.5 Å². The molecule has 0 amide bonds. The topological polar surface area (TPSA) is 44.8 Å². The Kier molecular flexibility index (Phi) is 4.03. The molecule has 27 heavy (non-hydrogen) atoms. The zero-order valence-electron chi connectivity index (χ0n) is 14.1. The maximum absolute atomic E-state index is 12.7. The maximum Gasteiger partial charge on any atom is 0.416 e. The summed E-state index contributed by atoms with van der Waals surface area (Å²) in [4.78, 5) is 12.3. The van der Waals surface area contributed by atoms with Gasteiger partial charge in [0.05, 0.1) is 17.2 Å². The van der Waals surface area contributed by atoms with Crippen molar-refractivity contribution in [3.05, 3.63) is 52.5 Å². The van der Waals surface area contributed by atoms with Gasteiger partial charge in [0.15, 0.2) is 0 Å². The molecule has 2 atom stereocenters. The quantitative estimate of drug-likeness (QED) is 0.671. The monoisotopic (exact) mass is 398 g/mol. The minimum Gasteiger partial charge on any atom is -0.488 e. The highest BCUT2D eigenvalue weighted by atomic mass is 35.5. The maximum atomic E-state index is 12.7. The van der Waals surface area contributed by atoms with Gasteiger partial charge in [-0.15, -0.1) is 0 Å². The van der Waals surface area contributed by atoms with E-state index in [-0.39, 0.29) is 29.5 Å². The van der Waals surface area contributed by atoms with Crippen molar-refractivity contribution in [1.29, 1.82) is 0 Å². The Morgan fingerprint density at radius 1 is 1.30 bits per heavy atom. The average Bonchev–Trinajstić information content (AvgIpc) is 3.23. The summed E-state index contributed by atoms with van der Waals surface area (Å²) in [5.41, 5.74) is -0.874. The van der Waals surface area contributed by atoms with Crippen molar-refractivity contribution < 1.29 is 32.2 Å². The molecule has 2 aliphatic rings. The molecular weight excluding hydrogens is 385 g/mol. The SMILES string of the molecule is CCOC(=O)C12CC1Oc1cc(Oc3ccc(C(F)(F)F)cc3Cl)ccc12. The van der Waals surface area contributed by atoms with Crippen molar-refractivity contribution in [2.45, 2.75) is 31.0 Å². The van der Waals surface area contributed by atoms with E-state index in [0.717, 1.165) is 23.8 Å². The van der Waals surface area contributed by atoms with E-state index >= 15 is 0 Å². The molecule has 4 rings (SSSR count). The zero-order chi connectivity index (χ0) is 19.4. The number of hydrogen-bond acceptors (Lipinski definition) is 4.